The Kier molecular flexibility index (Phi) is 6.18. The van der Waals surface area contributed by atoms with E-state index in [1.807, 2.05) is 0 Å². The number of benzene rings is 1. The van der Waals surface area contributed by atoms with E-state index in [2.05, 4.69) is 10.2 Å². The molecule has 8 heteroatoms. The quantitative estimate of drug-likeness (QED) is 0.673. The molecule has 0 bridgehead atoms. The molecule has 8 nitrogen and oxygen atoms in total. The normalized spacial score (nSPS) is 19.8. The Balaban J connectivity index is 1.71. The van der Waals surface area contributed by atoms with E-state index in [0.717, 1.165) is 25.9 Å². The van der Waals surface area contributed by atoms with Gasteiger partial charge < -0.3 is 21.1 Å². The van der Waals surface area contributed by atoms with Crippen molar-refractivity contribution in [3.8, 4) is 0 Å². The van der Waals surface area contributed by atoms with Gasteiger partial charge in [-0.2, -0.15) is 0 Å². The van der Waals surface area contributed by atoms with Gasteiger partial charge in [0.25, 0.3) is 5.91 Å². The van der Waals surface area contributed by atoms with Crippen LogP contribution in [0, 0.1) is 0 Å². The second-order valence-electron chi connectivity index (χ2n) is 7.53. The molecule has 2 amide bonds. The van der Waals surface area contributed by atoms with Crippen LogP contribution < -0.4 is 11.1 Å². The van der Waals surface area contributed by atoms with Crippen molar-refractivity contribution in [2.24, 2.45) is 5.73 Å². The van der Waals surface area contributed by atoms with Crippen LogP contribution in [0.15, 0.2) is 24.3 Å². The van der Waals surface area contributed by atoms with Crippen LogP contribution in [-0.4, -0.2) is 71.0 Å². The van der Waals surface area contributed by atoms with Crippen molar-refractivity contribution in [3.63, 3.8) is 0 Å². The number of likely N-dealkylation sites (tertiary alicyclic amines) is 2. The average molecular weight is 388 g/mol. The van der Waals surface area contributed by atoms with E-state index in [1.54, 1.807) is 29.2 Å². The summed E-state index contributed by atoms with van der Waals surface area (Å²) in [6.07, 6.45) is 4.37. The number of amides is 2. The monoisotopic (exact) mass is 388 g/mol. The molecule has 1 aromatic rings. The van der Waals surface area contributed by atoms with E-state index in [0.29, 0.717) is 37.2 Å². The maximum atomic E-state index is 13.0. The summed E-state index contributed by atoms with van der Waals surface area (Å²) >= 11 is 0. The zero-order chi connectivity index (χ0) is 20.1. The summed E-state index contributed by atoms with van der Waals surface area (Å²) < 4.78 is 0. The SMILES string of the molecule is NC(=O)C1(N2CCCCC2)CCN(C(=O)c2ccccc2NCC(=O)O)CC1. The molecule has 3 rings (SSSR count). The summed E-state index contributed by atoms with van der Waals surface area (Å²) in [6.45, 7) is 2.39. The number of nitrogens with zero attached hydrogens (tertiary/aromatic N) is 2. The fourth-order valence-electron chi connectivity index (χ4n) is 4.29. The highest BCUT2D eigenvalue weighted by Gasteiger charge is 2.45. The lowest BCUT2D eigenvalue weighted by atomic mass is 9.83. The lowest BCUT2D eigenvalue weighted by molar-refractivity contribution is -0.135. The topological polar surface area (TPSA) is 116 Å². The van der Waals surface area contributed by atoms with Gasteiger partial charge in [0, 0.05) is 18.8 Å². The minimum atomic E-state index is -0.993. The molecular formula is C20H28N4O4. The number of hydrogen-bond donors (Lipinski definition) is 3. The van der Waals surface area contributed by atoms with Gasteiger partial charge in [-0.1, -0.05) is 18.6 Å². The molecular weight excluding hydrogens is 360 g/mol. The van der Waals surface area contributed by atoms with E-state index < -0.39 is 11.5 Å². The molecule has 2 heterocycles. The van der Waals surface area contributed by atoms with Crippen molar-refractivity contribution < 1.29 is 19.5 Å². The molecule has 28 heavy (non-hydrogen) atoms. The van der Waals surface area contributed by atoms with Gasteiger partial charge in [-0.25, -0.2) is 0 Å². The predicted molar refractivity (Wildman–Crippen MR) is 105 cm³/mol. The Morgan fingerprint density at radius 3 is 2.29 bits per heavy atom. The van der Waals surface area contributed by atoms with Gasteiger partial charge in [0.05, 0.1) is 5.56 Å². The molecule has 152 valence electrons. The highest BCUT2D eigenvalue weighted by molar-refractivity contribution is 6.00. The number of carboxylic acids is 1. The van der Waals surface area contributed by atoms with Crippen LogP contribution in [0.2, 0.25) is 0 Å². The van der Waals surface area contributed by atoms with Gasteiger partial charge in [0.15, 0.2) is 0 Å². The van der Waals surface area contributed by atoms with E-state index >= 15 is 0 Å². The maximum Gasteiger partial charge on any atom is 0.322 e. The Bertz CT molecular complexity index is 737. The number of piperidine rings is 2. The van der Waals surface area contributed by atoms with Crippen molar-refractivity contribution in [1.82, 2.24) is 9.80 Å². The Labute approximate surface area is 164 Å². The van der Waals surface area contributed by atoms with Gasteiger partial charge >= 0.3 is 5.97 Å². The Morgan fingerprint density at radius 1 is 1.04 bits per heavy atom. The highest BCUT2D eigenvalue weighted by atomic mass is 16.4. The first-order chi connectivity index (χ1) is 13.4. The first-order valence-electron chi connectivity index (χ1n) is 9.83. The number of para-hydroxylation sites is 1. The number of nitrogens with two attached hydrogens (primary N) is 1. The Hall–Kier alpha value is -2.61. The van der Waals surface area contributed by atoms with Gasteiger partial charge in [-0.15, -0.1) is 0 Å². The summed E-state index contributed by atoms with van der Waals surface area (Å²) in [5.41, 5.74) is 6.08. The summed E-state index contributed by atoms with van der Waals surface area (Å²) in [6, 6.07) is 6.89. The van der Waals surface area contributed by atoms with E-state index in [9.17, 15) is 14.4 Å². The van der Waals surface area contributed by atoms with Gasteiger partial charge in [-0.3, -0.25) is 19.3 Å². The molecule has 2 saturated heterocycles. The van der Waals surface area contributed by atoms with E-state index in [1.165, 1.54) is 6.42 Å². The number of carboxylic acid groups (broad SMARTS) is 1. The van der Waals surface area contributed by atoms with E-state index in [4.69, 9.17) is 10.8 Å². The second-order valence-corrected chi connectivity index (χ2v) is 7.53. The molecule has 1 aromatic carbocycles. The molecule has 2 aliphatic rings. The molecule has 0 radical (unpaired) electrons. The lowest BCUT2D eigenvalue weighted by Gasteiger charge is -2.48. The molecule has 4 N–H and O–H groups in total. The third kappa shape index (κ3) is 4.11. The smallest absolute Gasteiger partial charge is 0.322 e. The third-order valence-electron chi connectivity index (χ3n) is 5.89. The zero-order valence-electron chi connectivity index (χ0n) is 16.0. The first kappa shape index (κ1) is 20.1. The van der Waals surface area contributed by atoms with Crippen molar-refractivity contribution in [2.45, 2.75) is 37.6 Å². The molecule has 0 saturated carbocycles. The van der Waals surface area contributed by atoms with Gasteiger partial charge in [-0.05, 0) is 50.9 Å². The summed E-state index contributed by atoms with van der Waals surface area (Å²) in [7, 11) is 0. The minimum Gasteiger partial charge on any atom is -0.480 e. The van der Waals surface area contributed by atoms with Crippen LogP contribution in [0.4, 0.5) is 5.69 Å². The molecule has 0 atom stereocenters. The summed E-state index contributed by atoms with van der Waals surface area (Å²) in [4.78, 5) is 40.1. The van der Waals surface area contributed by atoms with Crippen LogP contribution in [0.25, 0.3) is 0 Å². The van der Waals surface area contributed by atoms with Crippen LogP contribution in [-0.2, 0) is 9.59 Å². The fourth-order valence-corrected chi connectivity index (χ4v) is 4.29. The molecule has 2 aliphatic heterocycles. The van der Waals surface area contributed by atoms with Crippen LogP contribution >= 0.6 is 0 Å². The lowest BCUT2D eigenvalue weighted by Crippen LogP contribution is -2.63. The minimum absolute atomic E-state index is 0.162. The number of nitrogens with one attached hydrogen (secondary N) is 1. The standard InChI is InChI=1S/C20H28N4O4/c21-19(28)20(24-10-4-1-5-11-24)8-12-23(13-9-20)18(27)15-6-2-3-7-16(15)22-14-17(25)26/h2-3,6-7,22H,1,4-5,8-14H2,(H2,21,28)(H,25,26). The number of aliphatic carboxylic acids is 1. The zero-order valence-corrected chi connectivity index (χ0v) is 16.0. The van der Waals surface area contributed by atoms with Crippen molar-refractivity contribution in [2.75, 3.05) is 38.0 Å². The molecule has 0 spiro atoms. The maximum absolute atomic E-state index is 13.0. The highest BCUT2D eigenvalue weighted by Crippen LogP contribution is 2.32. The number of hydrogen-bond acceptors (Lipinski definition) is 5. The number of anilines is 1. The number of carbonyl (C=O) groups excluding carboxylic acids is 2. The predicted octanol–water partition coefficient (Wildman–Crippen LogP) is 1.13. The summed E-state index contributed by atoms with van der Waals surface area (Å²) in [5, 5.41) is 11.7. The number of carbonyl (C=O) groups is 3. The molecule has 0 unspecified atom stereocenters. The van der Waals surface area contributed by atoms with E-state index in [-0.39, 0.29) is 18.4 Å². The summed E-state index contributed by atoms with van der Waals surface area (Å²) in [5.74, 6) is -1.46. The van der Waals surface area contributed by atoms with Gasteiger partial charge in [0.2, 0.25) is 5.91 Å². The number of rotatable bonds is 6. The van der Waals surface area contributed by atoms with Crippen LogP contribution in [0.1, 0.15) is 42.5 Å². The van der Waals surface area contributed by atoms with Crippen molar-refractivity contribution in [1.29, 1.82) is 0 Å². The molecule has 0 aliphatic carbocycles. The fraction of sp³-hybridized carbons (Fsp3) is 0.550. The second kappa shape index (κ2) is 8.60. The third-order valence-corrected chi connectivity index (χ3v) is 5.89. The van der Waals surface area contributed by atoms with Crippen LogP contribution in [0.3, 0.4) is 0 Å². The van der Waals surface area contributed by atoms with Crippen molar-refractivity contribution in [3.05, 3.63) is 29.8 Å². The first-order valence-corrected chi connectivity index (χ1v) is 9.83. The van der Waals surface area contributed by atoms with Crippen molar-refractivity contribution >= 4 is 23.5 Å². The average Bonchev–Trinajstić information content (AvgIpc) is 2.72. The van der Waals surface area contributed by atoms with Gasteiger partial charge in [0.1, 0.15) is 12.1 Å². The molecule has 0 aromatic heterocycles. The van der Waals surface area contributed by atoms with Crippen LogP contribution in [0.5, 0.6) is 0 Å². The molecule has 2 fully saturated rings. The Morgan fingerprint density at radius 2 is 1.68 bits per heavy atom. The number of primary amides is 1. The largest absolute Gasteiger partial charge is 0.480 e.